The highest BCUT2D eigenvalue weighted by atomic mass is 16.6. The second-order valence-corrected chi connectivity index (χ2v) is 17.1. The number of aryl methyl sites for hydroxylation is 1. The van der Waals surface area contributed by atoms with Crippen LogP contribution in [0.2, 0.25) is 0 Å². The summed E-state index contributed by atoms with van der Waals surface area (Å²) in [5.74, 6) is -0.228. The van der Waals surface area contributed by atoms with E-state index in [2.05, 4.69) is 75.8 Å². The minimum absolute atomic E-state index is 0.256. The van der Waals surface area contributed by atoms with Crippen molar-refractivity contribution < 1.29 is 19.1 Å². The summed E-state index contributed by atoms with van der Waals surface area (Å²) in [6.45, 7) is 7.02. The van der Waals surface area contributed by atoms with Gasteiger partial charge in [-0.25, -0.2) is 9.48 Å². The summed E-state index contributed by atoms with van der Waals surface area (Å²) < 4.78 is 7.35. The summed E-state index contributed by atoms with van der Waals surface area (Å²) in [4.78, 5) is 42.8. The van der Waals surface area contributed by atoms with Gasteiger partial charge in [-0.3, -0.25) is 20.2 Å². The second-order valence-electron chi connectivity index (χ2n) is 17.1. The van der Waals surface area contributed by atoms with Crippen molar-refractivity contribution in [3.05, 3.63) is 192 Å². The van der Waals surface area contributed by atoms with Crippen LogP contribution in [0.3, 0.4) is 0 Å². The van der Waals surface area contributed by atoms with Crippen LogP contribution in [-0.4, -0.2) is 62.5 Å². The molecule has 1 aliphatic rings. The molecule has 0 spiro atoms. The van der Waals surface area contributed by atoms with Crippen LogP contribution < -0.4 is 20.9 Å². The first-order valence-corrected chi connectivity index (χ1v) is 21.5. The number of nitrogens with zero attached hydrogens (tertiary/aromatic N) is 5. The van der Waals surface area contributed by atoms with Crippen molar-refractivity contribution in [1.82, 2.24) is 36.2 Å². The molecule has 8 rings (SSSR count). The van der Waals surface area contributed by atoms with Gasteiger partial charge in [0.05, 0.1) is 6.54 Å². The molecule has 0 aliphatic carbocycles. The number of nitrogens with one attached hydrogen (secondary N) is 3. The van der Waals surface area contributed by atoms with Gasteiger partial charge in [-0.05, 0) is 103 Å². The van der Waals surface area contributed by atoms with Gasteiger partial charge in [0.25, 0.3) is 5.91 Å². The van der Waals surface area contributed by atoms with E-state index >= 15 is 0 Å². The van der Waals surface area contributed by atoms with Crippen molar-refractivity contribution in [2.45, 2.75) is 69.9 Å². The number of ether oxygens (including phenoxy) is 1. The third kappa shape index (κ3) is 8.64. The number of anilines is 1. The number of carbonyl (C=O) groups is 3. The lowest BCUT2D eigenvalue weighted by molar-refractivity contribution is -0.132. The lowest BCUT2D eigenvalue weighted by atomic mass is 9.77. The van der Waals surface area contributed by atoms with Crippen molar-refractivity contribution in [3.8, 4) is 22.5 Å². The number of fused-ring (bicyclic) bond motifs is 1. The van der Waals surface area contributed by atoms with Gasteiger partial charge in [0, 0.05) is 11.3 Å². The fourth-order valence-corrected chi connectivity index (χ4v) is 8.44. The maximum absolute atomic E-state index is 14.5. The number of alkyl carbamates (subject to hydrolysis) is 1. The van der Waals surface area contributed by atoms with Gasteiger partial charge < -0.3 is 15.0 Å². The Labute approximate surface area is 373 Å². The first-order valence-electron chi connectivity index (χ1n) is 21.5. The molecule has 12 heteroatoms. The zero-order valence-corrected chi connectivity index (χ0v) is 36.7. The Morgan fingerprint density at radius 2 is 1.25 bits per heavy atom. The van der Waals surface area contributed by atoms with E-state index in [0.29, 0.717) is 18.7 Å². The number of amides is 3. The van der Waals surface area contributed by atoms with Crippen LogP contribution in [-0.2, 0) is 32.8 Å². The zero-order chi connectivity index (χ0) is 44.9. The average Bonchev–Trinajstić information content (AvgIpc) is 3.76. The molecule has 64 heavy (non-hydrogen) atoms. The molecule has 1 aliphatic heterocycles. The molecule has 7 aromatic rings. The fraction of sp³-hybridized carbons (Fsp3) is 0.231. The molecule has 2 unspecified atom stereocenters. The highest BCUT2D eigenvalue weighted by Crippen LogP contribution is 2.43. The van der Waals surface area contributed by atoms with Crippen LogP contribution >= 0.6 is 0 Å². The molecule has 0 saturated carbocycles. The maximum atomic E-state index is 14.5. The smallest absolute Gasteiger partial charge is 0.409 e. The quantitative estimate of drug-likeness (QED) is 0.0824. The Morgan fingerprint density at radius 1 is 0.703 bits per heavy atom. The summed E-state index contributed by atoms with van der Waals surface area (Å²) in [7, 11) is 1.56. The van der Waals surface area contributed by atoms with E-state index in [1.54, 1.807) is 32.7 Å². The average molecular weight is 853 g/mol. The highest BCUT2D eigenvalue weighted by Gasteiger charge is 2.43. The molecule has 0 saturated heterocycles. The third-order valence-electron chi connectivity index (χ3n) is 11.7. The molecule has 0 fully saturated rings. The Kier molecular flexibility index (Phi) is 12.2. The van der Waals surface area contributed by atoms with Gasteiger partial charge in [-0.1, -0.05) is 158 Å². The van der Waals surface area contributed by atoms with E-state index in [1.807, 2.05) is 114 Å². The molecular formula is C52H52N8O4. The normalized spacial score (nSPS) is 15.0. The van der Waals surface area contributed by atoms with Crippen LogP contribution in [0.4, 0.5) is 10.5 Å². The lowest BCUT2D eigenvalue weighted by Crippen LogP contribution is -2.66. The Hall–Kier alpha value is -7.44. The lowest BCUT2D eigenvalue weighted by Gasteiger charge is -2.36. The van der Waals surface area contributed by atoms with Crippen LogP contribution in [0, 0.1) is 0 Å². The van der Waals surface area contributed by atoms with Gasteiger partial charge in [0.15, 0.2) is 11.5 Å². The molecule has 1 aromatic heterocycles. The minimum atomic E-state index is -1.55. The fourth-order valence-electron chi connectivity index (χ4n) is 8.44. The number of rotatable bonds is 12. The van der Waals surface area contributed by atoms with E-state index in [1.165, 1.54) is 6.92 Å². The number of tetrazole rings is 1. The van der Waals surface area contributed by atoms with Crippen molar-refractivity contribution in [3.63, 3.8) is 0 Å². The maximum Gasteiger partial charge on any atom is 0.409 e. The molecular weight excluding hydrogens is 801 g/mol. The van der Waals surface area contributed by atoms with Crippen LogP contribution in [0.1, 0.15) is 61.9 Å². The summed E-state index contributed by atoms with van der Waals surface area (Å²) >= 11 is 0. The van der Waals surface area contributed by atoms with Gasteiger partial charge in [-0.15, -0.1) is 5.10 Å². The Bertz CT molecular complexity index is 2640. The van der Waals surface area contributed by atoms with E-state index in [0.717, 1.165) is 50.2 Å². The summed E-state index contributed by atoms with van der Waals surface area (Å²) in [6.07, 6.45) is 0.179. The van der Waals surface area contributed by atoms with Crippen LogP contribution in [0.5, 0.6) is 0 Å². The van der Waals surface area contributed by atoms with Gasteiger partial charge in [0.1, 0.15) is 17.2 Å². The van der Waals surface area contributed by atoms with Gasteiger partial charge in [0.2, 0.25) is 5.91 Å². The number of benzene rings is 6. The molecule has 12 nitrogen and oxygen atoms in total. The Morgan fingerprint density at radius 3 is 1.83 bits per heavy atom. The predicted molar refractivity (Wildman–Crippen MR) is 248 cm³/mol. The second kappa shape index (κ2) is 18.1. The van der Waals surface area contributed by atoms with E-state index in [9.17, 15) is 14.4 Å². The topological polar surface area (TPSA) is 143 Å². The summed E-state index contributed by atoms with van der Waals surface area (Å²) in [6, 6.07) is 54.1. The number of aromatic nitrogens is 4. The van der Waals surface area contributed by atoms with E-state index in [-0.39, 0.29) is 12.5 Å². The Balaban J connectivity index is 1.11. The largest absolute Gasteiger partial charge is 0.444 e. The molecule has 2 heterocycles. The predicted octanol–water partition coefficient (Wildman–Crippen LogP) is 8.27. The van der Waals surface area contributed by atoms with Crippen molar-refractivity contribution >= 4 is 23.6 Å². The van der Waals surface area contributed by atoms with Crippen molar-refractivity contribution in [1.29, 1.82) is 0 Å². The van der Waals surface area contributed by atoms with Crippen molar-refractivity contribution in [2.24, 2.45) is 0 Å². The zero-order valence-electron chi connectivity index (χ0n) is 36.7. The first-order chi connectivity index (χ1) is 30.9. The monoisotopic (exact) mass is 852 g/mol. The number of para-hydroxylation sites is 1. The molecule has 324 valence electrons. The minimum Gasteiger partial charge on any atom is -0.444 e. The number of carbonyl (C=O) groups excluding carboxylic acids is 3. The molecule has 6 aromatic carbocycles. The molecule has 0 radical (unpaired) electrons. The first kappa shape index (κ1) is 43.2. The molecule has 0 bridgehead atoms. The van der Waals surface area contributed by atoms with Gasteiger partial charge in [-0.2, -0.15) is 0 Å². The van der Waals surface area contributed by atoms with Crippen LogP contribution in [0.15, 0.2) is 164 Å². The van der Waals surface area contributed by atoms with Gasteiger partial charge >= 0.3 is 6.09 Å². The van der Waals surface area contributed by atoms with E-state index in [4.69, 9.17) is 15.0 Å². The molecule has 3 N–H and O–H groups in total. The SMILES string of the molecule is CNC(C)(NC(=O)OC(C)(C)C)C(=O)NC1CCc2ccccc2N(Cc2ccc(-c3ccccc3-c3nnnn3C(c3ccccc3)(c3ccccc3)c3ccccc3)cc2)C1=O. The molecule has 2 atom stereocenters. The van der Waals surface area contributed by atoms with E-state index < -0.39 is 34.8 Å². The number of likely N-dealkylation sites (N-methyl/N-ethyl adjacent to an activating group) is 1. The number of hydrogen-bond donors (Lipinski definition) is 3. The summed E-state index contributed by atoms with van der Waals surface area (Å²) in [5, 5.41) is 22.3. The number of hydrogen-bond acceptors (Lipinski definition) is 8. The highest BCUT2D eigenvalue weighted by molar-refractivity contribution is 6.01. The molecule has 3 amide bonds. The summed E-state index contributed by atoms with van der Waals surface area (Å²) in [5.41, 5.74) is 5.16. The van der Waals surface area contributed by atoms with Crippen LogP contribution in [0.25, 0.3) is 22.5 Å². The standard InChI is InChI=1S/C52H52N8O4/c1-50(2,3)64-49(63)55-51(4,53-5)48(62)54-44-34-33-38-19-15-18-28-45(38)59(47(44)61)35-36-29-31-37(32-30-36)42-26-16-17-27-43(42)46-56-57-58-60(46)52(39-20-9-6-10-21-39,40-22-11-7-12-23-40)41-24-13-8-14-25-41/h6-32,44,53H,33-35H2,1-5H3,(H,54,62)(H,55,63). The third-order valence-corrected chi connectivity index (χ3v) is 11.7. The van der Waals surface area contributed by atoms with Crippen molar-refractivity contribution in [2.75, 3.05) is 11.9 Å².